The average Bonchev–Trinajstić information content (AvgIpc) is 2.92. The van der Waals surface area contributed by atoms with Crippen molar-refractivity contribution in [1.29, 1.82) is 0 Å². The molecule has 0 aliphatic rings. The molecule has 9 heteroatoms. The first kappa shape index (κ1) is 30.8. The van der Waals surface area contributed by atoms with E-state index in [2.05, 4.69) is 0 Å². The third-order valence-electron chi connectivity index (χ3n) is 6.79. The molecule has 4 aromatic rings. The third-order valence-corrected chi connectivity index (χ3v) is 9.48. The summed E-state index contributed by atoms with van der Waals surface area (Å²) in [5, 5.41) is 23.9. The molecule has 0 saturated heterocycles. The van der Waals surface area contributed by atoms with Crippen LogP contribution in [-0.2, 0) is 20.0 Å². The van der Waals surface area contributed by atoms with Crippen LogP contribution in [0.15, 0.2) is 117 Å². The molecule has 0 aliphatic carbocycles. The van der Waals surface area contributed by atoms with Crippen molar-refractivity contribution in [1.82, 2.24) is 0 Å². The number of hydrogen-bond donors (Lipinski definition) is 8. The molecule has 2 atom stereocenters. The van der Waals surface area contributed by atoms with Crippen molar-refractivity contribution in [2.24, 2.45) is 0 Å². The zero-order chi connectivity index (χ0) is 28.4. The standard InChI is InChI=1S/C30H30O3S6/c1-19(18-31)33-28(20-10-2-6-14-24(20)34,21-11-3-7-15-25(21)35)29(32,22-12-4-8-16-26(22)36)30(38,39)23-13-5-9-17-27(23)37/h2-17,19,31-32,34-39H,18H2,1H3. The molecule has 3 nitrogen and oxygen atoms in total. The summed E-state index contributed by atoms with van der Waals surface area (Å²) >= 11 is 29.5. The van der Waals surface area contributed by atoms with Crippen molar-refractivity contribution in [3.8, 4) is 0 Å². The normalized spacial score (nSPS) is 14.6. The van der Waals surface area contributed by atoms with E-state index in [0.29, 0.717) is 41.8 Å². The van der Waals surface area contributed by atoms with Crippen molar-refractivity contribution in [3.63, 3.8) is 0 Å². The van der Waals surface area contributed by atoms with E-state index in [0.717, 1.165) is 0 Å². The molecule has 204 valence electrons. The highest BCUT2D eigenvalue weighted by Gasteiger charge is 2.66. The second kappa shape index (κ2) is 12.4. The number of benzene rings is 4. The molecule has 0 radical (unpaired) electrons. The van der Waals surface area contributed by atoms with E-state index in [1.165, 1.54) is 0 Å². The van der Waals surface area contributed by atoms with E-state index < -0.39 is 21.4 Å². The molecule has 0 aliphatic heterocycles. The van der Waals surface area contributed by atoms with Crippen LogP contribution in [0.5, 0.6) is 0 Å². The first-order chi connectivity index (χ1) is 18.5. The minimum absolute atomic E-state index is 0.320. The Balaban J connectivity index is 2.31. The second-order valence-electron chi connectivity index (χ2n) is 9.24. The van der Waals surface area contributed by atoms with Crippen molar-refractivity contribution in [3.05, 3.63) is 119 Å². The van der Waals surface area contributed by atoms with Gasteiger partial charge in [-0.15, -0.1) is 50.5 Å². The summed E-state index contributed by atoms with van der Waals surface area (Å²) in [6, 6.07) is 29.2. The Morgan fingerprint density at radius 1 is 0.615 bits per heavy atom. The Morgan fingerprint density at radius 3 is 1.31 bits per heavy atom. The minimum atomic E-state index is -2.12. The van der Waals surface area contributed by atoms with Crippen LogP contribution in [0.1, 0.15) is 29.2 Å². The lowest BCUT2D eigenvalue weighted by Gasteiger charge is -2.56. The Labute approximate surface area is 262 Å². The molecule has 0 heterocycles. The zero-order valence-electron chi connectivity index (χ0n) is 21.0. The maximum atomic E-state index is 13.7. The Kier molecular flexibility index (Phi) is 9.79. The first-order valence-corrected chi connectivity index (χ1v) is 14.8. The lowest BCUT2D eigenvalue weighted by Crippen LogP contribution is -2.61. The van der Waals surface area contributed by atoms with Crippen molar-refractivity contribution in [2.45, 2.75) is 47.9 Å². The topological polar surface area (TPSA) is 49.7 Å². The maximum Gasteiger partial charge on any atom is 0.156 e. The van der Waals surface area contributed by atoms with Crippen molar-refractivity contribution in [2.75, 3.05) is 6.61 Å². The van der Waals surface area contributed by atoms with E-state index in [9.17, 15) is 10.2 Å². The van der Waals surface area contributed by atoms with Gasteiger partial charge < -0.3 is 14.9 Å². The number of rotatable bonds is 9. The molecular formula is C30H30O3S6. The molecule has 2 N–H and O–H groups in total. The molecular weight excluding hydrogens is 601 g/mol. The lowest BCUT2D eigenvalue weighted by atomic mass is 9.65. The van der Waals surface area contributed by atoms with Gasteiger partial charge in [-0.05, 0) is 36.8 Å². The van der Waals surface area contributed by atoms with Crippen LogP contribution in [0.4, 0.5) is 0 Å². The number of aliphatic hydroxyl groups excluding tert-OH is 1. The highest BCUT2D eigenvalue weighted by Crippen LogP contribution is 2.63. The lowest BCUT2D eigenvalue weighted by molar-refractivity contribution is -0.209. The van der Waals surface area contributed by atoms with Gasteiger partial charge in [0.25, 0.3) is 0 Å². The summed E-state index contributed by atoms with van der Waals surface area (Å²) in [4.78, 5) is 2.15. The highest BCUT2D eigenvalue weighted by atomic mass is 32.2. The fourth-order valence-corrected chi connectivity index (χ4v) is 7.40. The van der Waals surface area contributed by atoms with Gasteiger partial charge in [0.1, 0.15) is 4.08 Å². The van der Waals surface area contributed by atoms with Crippen molar-refractivity contribution < 1.29 is 14.9 Å². The molecule has 39 heavy (non-hydrogen) atoms. The molecule has 0 amide bonds. The molecule has 0 bridgehead atoms. The van der Waals surface area contributed by atoms with Gasteiger partial charge in [-0.25, -0.2) is 0 Å². The van der Waals surface area contributed by atoms with Gasteiger partial charge in [0, 0.05) is 36.3 Å². The van der Waals surface area contributed by atoms with E-state index in [4.69, 9.17) is 80.5 Å². The summed E-state index contributed by atoms with van der Waals surface area (Å²) in [5.41, 5.74) is -1.91. The number of hydrogen-bond acceptors (Lipinski definition) is 9. The highest BCUT2D eigenvalue weighted by molar-refractivity contribution is 8.00. The Morgan fingerprint density at radius 2 is 0.949 bits per heavy atom. The molecule has 2 unspecified atom stereocenters. The fraction of sp³-hybridized carbons (Fsp3) is 0.200. The van der Waals surface area contributed by atoms with Gasteiger partial charge in [0.05, 0.1) is 12.7 Å². The molecule has 4 aromatic carbocycles. The van der Waals surface area contributed by atoms with Crippen LogP contribution in [-0.4, -0.2) is 22.9 Å². The molecule has 0 fully saturated rings. The quantitative estimate of drug-likeness (QED) is 0.0754. The van der Waals surface area contributed by atoms with Gasteiger partial charge >= 0.3 is 0 Å². The third kappa shape index (κ3) is 5.31. The minimum Gasteiger partial charge on any atom is -0.394 e. The van der Waals surface area contributed by atoms with Gasteiger partial charge in [-0.1, -0.05) is 72.8 Å². The molecule has 0 spiro atoms. The van der Waals surface area contributed by atoms with Gasteiger partial charge in [0.15, 0.2) is 11.2 Å². The van der Waals surface area contributed by atoms with Crippen LogP contribution in [0.25, 0.3) is 0 Å². The van der Waals surface area contributed by atoms with Gasteiger partial charge in [-0.2, -0.15) is 25.3 Å². The molecule has 0 saturated carbocycles. The van der Waals surface area contributed by atoms with E-state index in [-0.39, 0.29) is 6.61 Å². The number of ether oxygens (including phenoxy) is 1. The predicted octanol–water partition coefficient (Wildman–Crippen LogP) is 7.08. The maximum absolute atomic E-state index is 13.7. The Hall–Kier alpha value is -1.14. The second-order valence-corrected chi connectivity index (χ2v) is 12.9. The van der Waals surface area contributed by atoms with Crippen LogP contribution >= 0.6 is 75.8 Å². The average molecular weight is 631 g/mol. The van der Waals surface area contributed by atoms with Gasteiger partial charge in [0.2, 0.25) is 0 Å². The smallest absolute Gasteiger partial charge is 0.156 e. The summed E-state index contributed by atoms with van der Waals surface area (Å²) in [5.74, 6) is 0. The first-order valence-electron chi connectivity index (χ1n) is 12.1. The number of aliphatic hydroxyl groups is 2. The van der Waals surface area contributed by atoms with E-state index >= 15 is 0 Å². The summed E-state index contributed by atoms with van der Waals surface area (Å²) in [6.45, 7) is 1.41. The van der Waals surface area contributed by atoms with Crippen LogP contribution < -0.4 is 0 Å². The van der Waals surface area contributed by atoms with Crippen LogP contribution in [0.2, 0.25) is 0 Å². The summed E-state index contributed by atoms with van der Waals surface area (Å²) in [6.07, 6.45) is -0.742. The van der Waals surface area contributed by atoms with E-state index in [1.54, 1.807) is 19.1 Å². The van der Waals surface area contributed by atoms with Crippen LogP contribution in [0, 0.1) is 0 Å². The molecule has 0 aromatic heterocycles. The van der Waals surface area contributed by atoms with Crippen LogP contribution in [0.3, 0.4) is 0 Å². The largest absolute Gasteiger partial charge is 0.394 e. The van der Waals surface area contributed by atoms with E-state index in [1.807, 2.05) is 84.9 Å². The zero-order valence-corrected chi connectivity index (χ0v) is 26.4. The Bertz CT molecular complexity index is 1410. The predicted molar refractivity (Wildman–Crippen MR) is 177 cm³/mol. The SMILES string of the molecule is CC(CO)OC(c1ccccc1S)(c1ccccc1S)C(O)(c1ccccc1S)C(S)(S)c1ccccc1S. The van der Waals surface area contributed by atoms with Gasteiger partial charge in [-0.3, -0.25) is 0 Å². The molecule has 4 rings (SSSR count). The monoisotopic (exact) mass is 630 g/mol. The number of thiol groups is 6. The summed E-state index contributed by atoms with van der Waals surface area (Å²) < 4.78 is 5.23. The fourth-order valence-electron chi connectivity index (χ4n) is 4.99. The van der Waals surface area contributed by atoms with Crippen molar-refractivity contribution >= 4 is 75.8 Å². The summed E-state index contributed by atoms with van der Waals surface area (Å²) in [7, 11) is 0.